The second kappa shape index (κ2) is 4.80. The Bertz CT molecular complexity index is 256. The minimum absolute atomic E-state index is 0.224. The van der Waals surface area contributed by atoms with Gasteiger partial charge in [0.25, 0.3) is 0 Å². The van der Waals surface area contributed by atoms with E-state index in [1.165, 1.54) is 6.92 Å². The number of hydrogen-bond acceptors (Lipinski definition) is 2. The Morgan fingerprint density at radius 1 is 1.33 bits per heavy atom. The first-order valence-corrected chi connectivity index (χ1v) is 4.59. The van der Waals surface area contributed by atoms with Crippen LogP contribution in [0.25, 0.3) is 0 Å². The number of carbonyl (C=O) groups excluding carboxylic acids is 1. The van der Waals surface area contributed by atoms with Gasteiger partial charge in [-0.1, -0.05) is 41.4 Å². The second-order valence-corrected chi connectivity index (χ2v) is 5.02. The zero-order chi connectivity index (χ0) is 12.4. The van der Waals surface area contributed by atoms with Crippen molar-refractivity contribution >= 4 is 40.8 Å². The molecule has 0 aromatic carbocycles. The third-order valence-electron chi connectivity index (χ3n) is 1.17. The maximum atomic E-state index is 12.3. The highest BCUT2D eigenvalue weighted by molar-refractivity contribution is 6.68. The van der Waals surface area contributed by atoms with Crippen LogP contribution in [0, 0.1) is 0 Å². The van der Waals surface area contributed by atoms with Crippen molar-refractivity contribution in [2.75, 3.05) is 0 Å². The van der Waals surface area contributed by atoms with Gasteiger partial charge in [0.15, 0.2) is 0 Å². The normalized spacial score (nSPS) is 14.6. The van der Waals surface area contributed by atoms with Gasteiger partial charge in [0, 0.05) is 5.57 Å². The van der Waals surface area contributed by atoms with Crippen LogP contribution in [0.3, 0.4) is 0 Å². The van der Waals surface area contributed by atoms with Crippen LogP contribution in [0.2, 0.25) is 0 Å². The molecule has 0 amide bonds. The van der Waals surface area contributed by atoms with Gasteiger partial charge in [-0.05, 0) is 6.92 Å². The van der Waals surface area contributed by atoms with Crippen LogP contribution in [0.5, 0.6) is 0 Å². The third-order valence-corrected chi connectivity index (χ3v) is 1.76. The van der Waals surface area contributed by atoms with Crippen molar-refractivity contribution in [2.45, 2.75) is 23.0 Å². The Balaban J connectivity index is 4.85. The number of halogens is 6. The van der Waals surface area contributed by atoms with E-state index in [4.69, 9.17) is 34.8 Å². The predicted octanol–water partition coefficient (Wildman–Crippen LogP) is 3.41. The third kappa shape index (κ3) is 4.95. The molecular formula is C7H6Cl3F3O2. The highest BCUT2D eigenvalue weighted by atomic mass is 35.6. The average Bonchev–Trinajstić information content (AvgIpc) is 1.94. The number of esters is 1. The van der Waals surface area contributed by atoms with Gasteiger partial charge in [0.05, 0.1) is 0 Å². The average molecular weight is 285 g/mol. The summed E-state index contributed by atoms with van der Waals surface area (Å²) < 4.78 is 38.0. The number of ether oxygens (including phenoxy) is 1. The molecule has 1 atom stereocenters. The van der Waals surface area contributed by atoms with Crippen LogP contribution in [-0.2, 0) is 9.53 Å². The molecule has 0 aliphatic carbocycles. The highest BCUT2D eigenvalue weighted by Crippen LogP contribution is 2.41. The molecule has 0 heterocycles. The minimum Gasteiger partial charge on any atom is -0.445 e. The molecule has 0 aromatic heterocycles. The first-order valence-electron chi connectivity index (χ1n) is 3.46. The number of rotatable bonds is 2. The molecule has 8 heteroatoms. The van der Waals surface area contributed by atoms with Crippen molar-refractivity contribution in [2.24, 2.45) is 0 Å². The van der Waals surface area contributed by atoms with Gasteiger partial charge >= 0.3 is 12.1 Å². The lowest BCUT2D eigenvalue weighted by Crippen LogP contribution is -2.43. The zero-order valence-electron chi connectivity index (χ0n) is 7.37. The molecule has 0 saturated heterocycles. The molecule has 0 N–H and O–H groups in total. The molecule has 0 rings (SSSR count). The molecular weight excluding hydrogens is 279 g/mol. The van der Waals surface area contributed by atoms with Gasteiger partial charge in [-0.15, -0.1) is 0 Å². The Kier molecular flexibility index (Phi) is 4.76. The summed E-state index contributed by atoms with van der Waals surface area (Å²) in [5, 5.41) is 0. The lowest BCUT2D eigenvalue weighted by molar-refractivity contribution is -0.217. The SMILES string of the molecule is C=C(C)C(=O)OC(C(F)(F)F)C(Cl)(Cl)Cl. The Morgan fingerprint density at radius 2 is 1.73 bits per heavy atom. The minimum atomic E-state index is -4.96. The summed E-state index contributed by atoms with van der Waals surface area (Å²) in [6.45, 7) is 4.28. The lowest BCUT2D eigenvalue weighted by atomic mass is 10.3. The number of carbonyl (C=O) groups is 1. The van der Waals surface area contributed by atoms with Gasteiger partial charge < -0.3 is 4.74 Å². The molecule has 0 bridgehead atoms. The summed E-state index contributed by atoms with van der Waals surface area (Å²) in [6.07, 6.45) is -7.78. The molecule has 0 spiro atoms. The van der Waals surface area contributed by atoms with Crippen LogP contribution in [-0.4, -0.2) is 22.0 Å². The van der Waals surface area contributed by atoms with E-state index in [2.05, 4.69) is 11.3 Å². The van der Waals surface area contributed by atoms with Crippen LogP contribution < -0.4 is 0 Å². The maximum Gasteiger partial charge on any atom is 0.429 e. The van der Waals surface area contributed by atoms with Gasteiger partial charge in [-0.2, -0.15) is 13.2 Å². The monoisotopic (exact) mass is 284 g/mol. The summed E-state index contributed by atoms with van der Waals surface area (Å²) >= 11 is 15.1. The van der Waals surface area contributed by atoms with E-state index in [0.29, 0.717) is 0 Å². The fourth-order valence-corrected chi connectivity index (χ4v) is 1.03. The zero-order valence-corrected chi connectivity index (χ0v) is 9.64. The molecule has 1 unspecified atom stereocenters. The van der Waals surface area contributed by atoms with Crippen LogP contribution in [0.15, 0.2) is 12.2 Å². The van der Waals surface area contributed by atoms with Gasteiger partial charge in [-0.3, -0.25) is 0 Å². The van der Waals surface area contributed by atoms with E-state index in [1.54, 1.807) is 0 Å². The van der Waals surface area contributed by atoms with Crippen molar-refractivity contribution in [3.63, 3.8) is 0 Å². The van der Waals surface area contributed by atoms with Crippen molar-refractivity contribution < 1.29 is 22.7 Å². The summed E-state index contributed by atoms with van der Waals surface area (Å²) in [6, 6.07) is 0. The summed E-state index contributed by atoms with van der Waals surface area (Å²) in [5.74, 6) is -1.27. The van der Waals surface area contributed by atoms with Crippen molar-refractivity contribution in [3.8, 4) is 0 Å². The standard InChI is InChI=1S/C7H6Cl3F3O2/c1-3(2)4(14)15-5(6(8,9)10)7(11,12)13/h5H,1H2,2H3. The molecule has 2 nitrogen and oxygen atoms in total. The topological polar surface area (TPSA) is 26.3 Å². The van der Waals surface area contributed by atoms with Gasteiger partial charge in [0.1, 0.15) is 0 Å². The molecule has 88 valence electrons. The van der Waals surface area contributed by atoms with E-state index in [1.807, 2.05) is 0 Å². The quantitative estimate of drug-likeness (QED) is 0.441. The first kappa shape index (κ1) is 14.9. The molecule has 0 aliphatic rings. The van der Waals surface area contributed by atoms with Crippen LogP contribution in [0.1, 0.15) is 6.92 Å². The fraction of sp³-hybridized carbons (Fsp3) is 0.571. The molecule has 0 aromatic rings. The summed E-state index contributed by atoms with van der Waals surface area (Å²) in [7, 11) is 0. The first-order chi connectivity index (χ1) is 6.46. The Morgan fingerprint density at radius 3 is 1.93 bits per heavy atom. The second-order valence-electron chi connectivity index (χ2n) is 2.65. The molecule has 0 saturated carbocycles. The molecule has 0 radical (unpaired) electrons. The van der Waals surface area contributed by atoms with Gasteiger partial charge in [0.2, 0.25) is 9.90 Å². The van der Waals surface area contributed by atoms with E-state index in [0.717, 1.165) is 0 Å². The van der Waals surface area contributed by atoms with E-state index in [-0.39, 0.29) is 5.57 Å². The van der Waals surface area contributed by atoms with E-state index >= 15 is 0 Å². The molecule has 0 aliphatic heterocycles. The fourth-order valence-electron chi connectivity index (χ4n) is 0.527. The van der Waals surface area contributed by atoms with Crippen LogP contribution >= 0.6 is 34.8 Å². The highest BCUT2D eigenvalue weighted by Gasteiger charge is 2.54. The van der Waals surface area contributed by atoms with Crippen molar-refractivity contribution in [1.29, 1.82) is 0 Å². The smallest absolute Gasteiger partial charge is 0.429 e. The summed E-state index contributed by atoms with van der Waals surface area (Å²) in [5.41, 5.74) is -0.224. The van der Waals surface area contributed by atoms with Gasteiger partial charge in [-0.25, -0.2) is 4.79 Å². The summed E-state index contributed by atoms with van der Waals surface area (Å²) in [4.78, 5) is 10.8. The number of hydrogen-bond donors (Lipinski definition) is 0. The Hall–Kier alpha value is -0.130. The maximum absolute atomic E-state index is 12.3. The predicted molar refractivity (Wildman–Crippen MR) is 51.0 cm³/mol. The van der Waals surface area contributed by atoms with Crippen LogP contribution in [0.4, 0.5) is 13.2 Å². The Labute approximate surface area is 98.9 Å². The van der Waals surface area contributed by atoms with Crippen molar-refractivity contribution in [3.05, 3.63) is 12.2 Å². The van der Waals surface area contributed by atoms with E-state index in [9.17, 15) is 18.0 Å². The molecule has 0 fully saturated rings. The lowest BCUT2D eigenvalue weighted by Gasteiger charge is -2.26. The largest absolute Gasteiger partial charge is 0.445 e. The van der Waals surface area contributed by atoms with Crippen molar-refractivity contribution in [1.82, 2.24) is 0 Å². The molecule has 15 heavy (non-hydrogen) atoms. The number of alkyl halides is 6. The van der Waals surface area contributed by atoms with E-state index < -0.39 is 22.0 Å².